The normalized spacial score (nSPS) is 10.5. The summed E-state index contributed by atoms with van der Waals surface area (Å²) in [5, 5.41) is 4.08. The Balaban J connectivity index is 2.40. The number of hydrogen-bond acceptors (Lipinski definition) is 2. The fraction of sp³-hybridized carbons (Fsp3) is 0.0833. The number of aryl methyl sites for hydroxylation is 1. The molecule has 0 aliphatic rings. The van der Waals surface area contributed by atoms with Crippen LogP contribution in [0.4, 0.5) is 11.5 Å². The number of benzene rings is 1. The van der Waals surface area contributed by atoms with E-state index in [1.165, 1.54) is 0 Å². The quantitative estimate of drug-likeness (QED) is 0.674. The van der Waals surface area contributed by atoms with Gasteiger partial charge in [0.15, 0.2) is 5.82 Å². The van der Waals surface area contributed by atoms with E-state index in [1.54, 1.807) is 6.07 Å². The van der Waals surface area contributed by atoms with Crippen LogP contribution >= 0.6 is 50.7 Å². The highest BCUT2D eigenvalue weighted by Crippen LogP contribution is 2.33. The molecule has 0 spiro atoms. The van der Waals surface area contributed by atoms with Crippen molar-refractivity contribution in [1.29, 1.82) is 0 Å². The van der Waals surface area contributed by atoms with Crippen molar-refractivity contribution >= 4 is 62.2 Å². The van der Waals surface area contributed by atoms with Gasteiger partial charge in [-0.15, -0.1) is 0 Å². The Morgan fingerprint density at radius 1 is 1.11 bits per heavy atom. The molecule has 0 atom stereocenters. The summed E-state index contributed by atoms with van der Waals surface area (Å²) < 4.78 is 0.914. The predicted molar refractivity (Wildman–Crippen MR) is 81.4 cm³/mol. The molecule has 0 radical (unpaired) electrons. The van der Waals surface area contributed by atoms with Crippen LogP contribution in [-0.2, 0) is 0 Å². The minimum Gasteiger partial charge on any atom is -0.338 e. The molecular formula is C12H8BrCl3N2. The summed E-state index contributed by atoms with van der Waals surface area (Å²) in [7, 11) is 0. The minimum atomic E-state index is 0.215. The van der Waals surface area contributed by atoms with E-state index in [1.807, 2.05) is 25.1 Å². The molecule has 2 aromatic rings. The smallest absolute Gasteiger partial charge is 0.151 e. The molecule has 1 heterocycles. The Kier molecular flexibility index (Phi) is 4.38. The Morgan fingerprint density at radius 3 is 2.56 bits per heavy atom. The maximum absolute atomic E-state index is 6.06. The number of hydrogen-bond donors (Lipinski definition) is 1. The van der Waals surface area contributed by atoms with Crippen molar-refractivity contribution in [1.82, 2.24) is 4.98 Å². The van der Waals surface area contributed by atoms with E-state index in [-0.39, 0.29) is 5.15 Å². The van der Waals surface area contributed by atoms with E-state index < -0.39 is 0 Å². The number of rotatable bonds is 2. The zero-order valence-electron chi connectivity index (χ0n) is 9.27. The molecule has 1 aromatic heterocycles. The fourth-order valence-electron chi connectivity index (χ4n) is 1.39. The van der Waals surface area contributed by atoms with Crippen LogP contribution in [-0.4, -0.2) is 4.98 Å². The number of nitrogens with zero attached hydrogens (tertiary/aromatic N) is 1. The Morgan fingerprint density at radius 2 is 1.83 bits per heavy atom. The summed E-state index contributed by atoms with van der Waals surface area (Å²) in [5.74, 6) is 0.470. The van der Waals surface area contributed by atoms with E-state index in [2.05, 4.69) is 26.2 Å². The van der Waals surface area contributed by atoms with E-state index >= 15 is 0 Å². The van der Waals surface area contributed by atoms with E-state index in [0.29, 0.717) is 15.9 Å². The molecule has 0 aliphatic carbocycles. The van der Waals surface area contributed by atoms with Crippen LogP contribution in [0.2, 0.25) is 15.2 Å². The van der Waals surface area contributed by atoms with Gasteiger partial charge in [-0.2, -0.15) is 0 Å². The number of nitrogens with one attached hydrogen (secondary N) is 1. The first-order valence-electron chi connectivity index (χ1n) is 5.02. The van der Waals surface area contributed by atoms with Gasteiger partial charge in [0, 0.05) is 4.47 Å². The van der Waals surface area contributed by atoms with Crippen LogP contribution in [0.15, 0.2) is 28.7 Å². The standard InChI is InChI=1S/C12H8BrCl3N2/c1-6-2-3-7(13)10(4-6)17-12-9(15)5-8(14)11(16)18-12/h2-5H,1H3,(H,17,18). The van der Waals surface area contributed by atoms with Crippen LogP contribution in [0.25, 0.3) is 0 Å². The largest absolute Gasteiger partial charge is 0.338 e. The van der Waals surface area contributed by atoms with Crippen molar-refractivity contribution in [3.05, 3.63) is 49.5 Å². The van der Waals surface area contributed by atoms with Crippen LogP contribution in [0.3, 0.4) is 0 Å². The van der Waals surface area contributed by atoms with E-state index in [9.17, 15) is 0 Å². The minimum absolute atomic E-state index is 0.215. The van der Waals surface area contributed by atoms with Gasteiger partial charge in [-0.1, -0.05) is 40.9 Å². The Hall–Kier alpha value is -0.480. The number of halogens is 4. The summed E-state index contributed by atoms with van der Waals surface area (Å²) in [6, 6.07) is 7.48. The van der Waals surface area contributed by atoms with Crippen molar-refractivity contribution in [2.45, 2.75) is 6.92 Å². The molecule has 0 fully saturated rings. The maximum Gasteiger partial charge on any atom is 0.151 e. The maximum atomic E-state index is 6.06. The molecule has 18 heavy (non-hydrogen) atoms. The first kappa shape index (κ1) is 13.9. The summed E-state index contributed by atoms with van der Waals surface area (Å²) in [6.07, 6.45) is 0. The van der Waals surface area contributed by atoms with Crippen LogP contribution in [0, 0.1) is 6.92 Å². The molecule has 0 unspecified atom stereocenters. The molecule has 2 rings (SSSR count). The molecular weight excluding hydrogens is 358 g/mol. The molecule has 2 nitrogen and oxygen atoms in total. The van der Waals surface area contributed by atoms with Gasteiger partial charge in [-0.25, -0.2) is 4.98 Å². The van der Waals surface area contributed by atoms with E-state index in [0.717, 1.165) is 15.7 Å². The lowest BCUT2D eigenvalue weighted by Crippen LogP contribution is -1.96. The van der Waals surface area contributed by atoms with Gasteiger partial charge in [0.1, 0.15) is 5.15 Å². The lowest BCUT2D eigenvalue weighted by Gasteiger charge is -2.11. The van der Waals surface area contributed by atoms with Gasteiger partial charge in [0.2, 0.25) is 0 Å². The molecule has 0 saturated carbocycles. The highest BCUT2D eigenvalue weighted by Gasteiger charge is 2.09. The molecule has 1 aromatic carbocycles. The topological polar surface area (TPSA) is 24.9 Å². The highest BCUT2D eigenvalue weighted by atomic mass is 79.9. The molecule has 94 valence electrons. The summed E-state index contributed by atoms with van der Waals surface area (Å²) >= 11 is 21.2. The summed E-state index contributed by atoms with van der Waals surface area (Å²) in [6.45, 7) is 2.00. The van der Waals surface area contributed by atoms with Crippen LogP contribution in [0.5, 0.6) is 0 Å². The van der Waals surface area contributed by atoms with Gasteiger partial charge in [-0.3, -0.25) is 0 Å². The SMILES string of the molecule is Cc1ccc(Br)c(Nc2nc(Cl)c(Cl)cc2Cl)c1. The van der Waals surface area contributed by atoms with Gasteiger partial charge in [0.25, 0.3) is 0 Å². The fourth-order valence-corrected chi connectivity index (χ4v) is 2.28. The van der Waals surface area contributed by atoms with Crippen molar-refractivity contribution in [2.24, 2.45) is 0 Å². The number of pyridine rings is 1. The van der Waals surface area contributed by atoms with Gasteiger partial charge in [0.05, 0.1) is 15.7 Å². The van der Waals surface area contributed by atoms with Crippen molar-refractivity contribution in [3.8, 4) is 0 Å². The van der Waals surface area contributed by atoms with Gasteiger partial charge < -0.3 is 5.32 Å². The average molecular weight is 366 g/mol. The Labute approximate surface area is 128 Å². The van der Waals surface area contributed by atoms with Gasteiger partial charge >= 0.3 is 0 Å². The first-order chi connectivity index (χ1) is 8.47. The second-order valence-corrected chi connectivity index (χ2v) is 5.73. The lowest BCUT2D eigenvalue weighted by molar-refractivity contribution is 1.30. The highest BCUT2D eigenvalue weighted by molar-refractivity contribution is 9.10. The third-order valence-electron chi connectivity index (χ3n) is 2.26. The van der Waals surface area contributed by atoms with Crippen molar-refractivity contribution < 1.29 is 0 Å². The average Bonchev–Trinajstić information content (AvgIpc) is 2.30. The molecule has 0 bridgehead atoms. The zero-order chi connectivity index (χ0) is 13.3. The molecule has 1 N–H and O–H groups in total. The zero-order valence-corrected chi connectivity index (χ0v) is 13.1. The monoisotopic (exact) mass is 364 g/mol. The first-order valence-corrected chi connectivity index (χ1v) is 6.95. The number of aromatic nitrogens is 1. The van der Waals surface area contributed by atoms with Gasteiger partial charge in [-0.05, 0) is 46.6 Å². The molecule has 0 saturated heterocycles. The van der Waals surface area contributed by atoms with Crippen LogP contribution < -0.4 is 5.32 Å². The van der Waals surface area contributed by atoms with E-state index in [4.69, 9.17) is 34.8 Å². The Bertz CT molecular complexity index is 602. The second-order valence-electron chi connectivity index (χ2n) is 3.70. The molecule has 0 aliphatic heterocycles. The van der Waals surface area contributed by atoms with Crippen LogP contribution in [0.1, 0.15) is 5.56 Å². The summed E-state index contributed by atoms with van der Waals surface area (Å²) in [5.41, 5.74) is 1.99. The number of anilines is 2. The molecule has 6 heteroatoms. The third kappa shape index (κ3) is 3.09. The predicted octanol–water partition coefficient (Wildman–Crippen LogP) is 5.86. The third-order valence-corrected chi connectivity index (χ3v) is 3.91. The molecule has 0 amide bonds. The van der Waals surface area contributed by atoms with Crippen molar-refractivity contribution in [2.75, 3.05) is 5.32 Å². The van der Waals surface area contributed by atoms with Crippen molar-refractivity contribution in [3.63, 3.8) is 0 Å². The summed E-state index contributed by atoms with van der Waals surface area (Å²) in [4.78, 5) is 4.11. The second kappa shape index (κ2) is 5.66. The lowest BCUT2D eigenvalue weighted by atomic mass is 10.2.